The van der Waals surface area contributed by atoms with E-state index in [4.69, 9.17) is 4.84 Å². The molecule has 0 aromatic heterocycles. The van der Waals surface area contributed by atoms with Gasteiger partial charge in [0.1, 0.15) is 6.54 Å². The zero-order valence-corrected chi connectivity index (χ0v) is 13.2. The third kappa shape index (κ3) is 5.51. The first-order valence-electron chi connectivity index (χ1n) is 7.31. The van der Waals surface area contributed by atoms with Crippen LogP contribution in [0.5, 0.6) is 0 Å². The number of oxime groups is 1. The van der Waals surface area contributed by atoms with Gasteiger partial charge in [0.15, 0.2) is 6.61 Å². The summed E-state index contributed by atoms with van der Waals surface area (Å²) in [5.74, 6) is 0.860. The average molecular weight is 297 g/mol. The molecule has 1 heterocycles. The Balaban J connectivity index is 0.00000200. The maximum absolute atomic E-state index is 5.45. The standard InChI is InChI=1S/C16H24N2O.ClH/c1-14-7-6-10-18(13-14)11-12-19-17-15(2)16-8-4-3-5-9-16;/h3-5,8-9,14H,6-7,10-13H2,1-2H3;1H/b17-15+;. The van der Waals surface area contributed by atoms with Gasteiger partial charge < -0.3 is 22.1 Å². The van der Waals surface area contributed by atoms with Crippen LogP contribution in [0.3, 0.4) is 0 Å². The van der Waals surface area contributed by atoms with Crippen LogP contribution in [0.2, 0.25) is 0 Å². The summed E-state index contributed by atoms with van der Waals surface area (Å²) < 4.78 is 0. The molecule has 1 fully saturated rings. The number of rotatable bonds is 5. The molecule has 1 N–H and O–H groups in total. The minimum atomic E-state index is 0. The number of hydrogen-bond acceptors (Lipinski definition) is 2. The Morgan fingerprint density at radius 3 is 2.80 bits per heavy atom. The first-order valence-corrected chi connectivity index (χ1v) is 7.31. The normalized spacial score (nSPS) is 23.0. The molecule has 0 radical (unpaired) electrons. The molecule has 1 aromatic rings. The molecule has 1 saturated heterocycles. The van der Waals surface area contributed by atoms with Crippen molar-refractivity contribution >= 4 is 5.71 Å². The molecular formula is C16H25ClN2O. The van der Waals surface area contributed by atoms with Gasteiger partial charge in [-0.05, 0) is 25.3 Å². The third-order valence-corrected chi connectivity index (χ3v) is 3.80. The first-order chi connectivity index (χ1) is 9.25. The molecule has 1 aliphatic heterocycles. The lowest BCUT2D eigenvalue weighted by Gasteiger charge is -2.27. The molecule has 2 unspecified atom stereocenters. The second-order valence-corrected chi connectivity index (χ2v) is 5.58. The highest BCUT2D eigenvalue weighted by molar-refractivity contribution is 5.98. The molecule has 2 rings (SSSR count). The summed E-state index contributed by atoms with van der Waals surface area (Å²) in [5.41, 5.74) is 2.07. The summed E-state index contributed by atoms with van der Waals surface area (Å²) in [4.78, 5) is 7.11. The van der Waals surface area contributed by atoms with Gasteiger partial charge in [-0.15, -0.1) is 0 Å². The molecular weight excluding hydrogens is 272 g/mol. The van der Waals surface area contributed by atoms with E-state index in [-0.39, 0.29) is 12.4 Å². The first kappa shape index (κ1) is 17.0. The van der Waals surface area contributed by atoms with Gasteiger partial charge in [-0.25, -0.2) is 0 Å². The molecule has 0 amide bonds. The molecule has 20 heavy (non-hydrogen) atoms. The number of benzene rings is 1. The van der Waals surface area contributed by atoms with Crippen LogP contribution in [0.4, 0.5) is 0 Å². The van der Waals surface area contributed by atoms with Gasteiger partial charge in [-0.1, -0.05) is 42.4 Å². The van der Waals surface area contributed by atoms with E-state index in [0.29, 0.717) is 6.61 Å². The van der Waals surface area contributed by atoms with Crippen LogP contribution in [0.1, 0.15) is 32.3 Å². The fourth-order valence-corrected chi connectivity index (χ4v) is 2.69. The molecule has 0 bridgehead atoms. The van der Waals surface area contributed by atoms with Gasteiger partial charge in [0, 0.05) is 5.92 Å². The zero-order chi connectivity index (χ0) is 13.5. The van der Waals surface area contributed by atoms with Crippen molar-refractivity contribution in [1.82, 2.24) is 0 Å². The summed E-state index contributed by atoms with van der Waals surface area (Å²) in [6.45, 7) is 8.69. The van der Waals surface area contributed by atoms with Crippen molar-refractivity contribution in [1.29, 1.82) is 0 Å². The van der Waals surface area contributed by atoms with Crippen molar-refractivity contribution in [3.63, 3.8) is 0 Å². The van der Waals surface area contributed by atoms with Crippen molar-refractivity contribution in [2.75, 3.05) is 26.2 Å². The van der Waals surface area contributed by atoms with Crippen molar-refractivity contribution in [3.05, 3.63) is 35.9 Å². The van der Waals surface area contributed by atoms with Gasteiger partial charge in [-0.2, -0.15) is 0 Å². The maximum Gasteiger partial charge on any atom is 0.165 e. The Labute approximate surface area is 128 Å². The van der Waals surface area contributed by atoms with Gasteiger partial charge in [-0.3, -0.25) is 0 Å². The molecule has 0 aliphatic carbocycles. The van der Waals surface area contributed by atoms with Gasteiger partial charge >= 0.3 is 0 Å². The summed E-state index contributed by atoms with van der Waals surface area (Å²) in [5, 5.41) is 4.20. The average Bonchev–Trinajstić information content (AvgIpc) is 2.44. The molecule has 0 saturated carbocycles. The number of piperidine rings is 1. The summed E-state index contributed by atoms with van der Waals surface area (Å²) in [6.07, 6.45) is 2.73. The Hall–Kier alpha value is -1.06. The van der Waals surface area contributed by atoms with E-state index in [9.17, 15) is 0 Å². The Kier molecular flexibility index (Phi) is 7.63. The van der Waals surface area contributed by atoms with Gasteiger partial charge in [0.05, 0.1) is 18.8 Å². The highest BCUT2D eigenvalue weighted by atomic mass is 35.5. The van der Waals surface area contributed by atoms with Crippen molar-refractivity contribution in [3.8, 4) is 0 Å². The fraction of sp³-hybridized carbons (Fsp3) is 0.562. The molecule has 112 valence electrons. The van der Waals surface area contributed by atoms with Crippen molar-refractivity contribution < 1.29 is 22.1 Å². The molecule has 1 aromatic carbocycles. The third-order valence-electron chi connectivity index (χ3n) is 3.80. The number of halogens is 1. The largest absolute Gasteiger partial charge is 1.00 e. The van der Waals surface area contributed by atoms with Crippen molar-refractivity contribution in [2.24, 2.45) is 11.1 Å². The van der Waals surface area contributed by atoms with Crippen molar-refractivity contribution in [2.45, 2.75) is 26.7 Å². The summed E-state index contributed by atoms with van der Waals surface area (Å²) in [7, 11) is 0. The number of likely N-dealkylation sites (tertiary alicyclic amines) is 1. The Bertz CT molecular complexity index is 408. The number of hydrogen-bond donors (Lipinski definition) is 1. The van der Waals surface area contributed by atoms with Crippen LogP contribution in [0, 0.1) is 5.92 Å². The fourth-order valence-electron chi connectivity index (χ4n) is 2.69. The molecule has 4 heteroatoms. The molecule has 3 nitrogen and oxygen atoms in total. The van der Waals surface area contributed by atoms with E-state index < -0.39 is 0 Å². The van der Waals surface area contributed by atoms with E-state index in [2.05, 4.69) is 24.2 Å². The molecule has 0 spiro atoms. The second kappa shape index (κ2) is 8.98. The smallest absolute Gasteiger partial charge is 0.165 e. The predicted octanol–water partition coefficient (Wildman–Crippen LogP) is -1.25. The summed E-state index contributed by atoms with van der Waals surface area (Å²) >= 11 is 0. The van der Waals surface area contributed by atoms with Crippen LogP contribution < -0.4 is 17.3 Å². The SMILES string of the molecule is C/C(=N\OCC[NH+]1CCCC(C)C1)c1ccccc1.[Cl-]. The van der Waals surface area contributed by atoms with E-state index in [1.165, 1.54) is 25.9 Å². The van der Waals surface area contributed by atoms with Crippen LogP contribution >= 0.6 is 0 Å². The molecule has 2 atom stereocenters. The lowest BCUT2D eigenvalue weighted by atomic mass is 10.0. The lowest BCUT2D eigenvalue weighted by molar-refractivity contribution is -0.908. The topological polar surface area (TPSA) is 26.0 Å². The number of quaternary nitrogens is 1. The monoisotopic (exact) mass is 296 g/mol. The Morgan fingerprint density at radius 2 is 2.10 bits per heavy atom. The summed E-state index contributed by atoms with van der Waals surface area (Å²) in [6, 6.07) is 10.2. The highest BCUT2D eigenvalue weighted by Crippen LogP contribution is 2.04. The van der Waals surface area contributed by atoms with Crippen LogP contribution in [-0.2, 0) is 4.84 Å². The Morgan fingerprint density at radius 1 is 1.35 bits per heavy atom. The van der Waals surface area contributed by atoms with Gasteiger partial charge in [0.25, 0.3) is 0 Å². The maximum atomic E-state index is 5.45. The zero-order valence-electron chi connectivity index (χ0n) is 12.4. The predicted molar refractivity (Wildman–Crippen MR) is 78.6 cm³/mol. The number of nitrogens with zero attached hydrogens (tertiary/aromatic N) is 1. The van der Waals surface area contributed by atoms with E-state index in [1.54, 1.807) is 4.90 Å². The molecule has 1 aliphatic rings. The van der Waals surface area contributed by atoms with Crippen LogP contribution in [0.15, 0.2) is 35.5 Å². The highest BCUT2D eigenvalue weighted by Gasteiger charge is 2.18. The quantitative estimate of drug-likeness (QED) is 0.410. The van der Waals surface area contributed by atoms with Crippen LogP contribution in [0.25, 0.3) is 0 Å². The number of nitrogens with one attached hydrogen (secondary N) is 1. The van der Waals surface area contributed by atoms with E-state index in [1.807, 2.05) is 25.1 Å². The van der Waals surface area contributed by atoms with E-state index >= 15 is 0 Å². The van der Waals surface area contributed by atoms with Crippen LogP contribution in [-0.4, -0.2) is 32.0 Å². The van der Waals surface area contributed by atoms with Gasteiger partial charge in [0.2, 0.25) is 0 Å². The minimum absolute atomic E-state index is 0. The lowest BCUT2D eigenvalue weighted by Crippen LogP contribution is -3.14. The van der Waals surface area contributed by atoms with E-state index in [0.717, 1.165) is 23.7 Å². The minimum Gasteiger partial charge on any atom is -1.00 e. The second-order valence-electron chi connectivity index (χ2n) is 5.58.